The average molecular weight is 240 g/mol. The first-order chi connectivity index (χ1) is 8.26. The Labute approximate surface area is 104 Å². The summed E-state index contributed by atoms with van der Waals surface area (Å²) in [6.07, 6.45) is 3.59. The van der Waals surface area contributed by atoms with Gasteiger partial charge in [0.25, 0.3) is 0 Å². The lowest BCUT2D eigenvalue weighted by Gasteiger charge is -2.38. The summed E-state index contributed by atoms with van der Waals surface area (Å²) in [6.45, 7) is 8.66. The summed E-state index contributed by atoms with van der Waals surface area (Å²) in [7, 11) is 0. The molecular weight excluding hydrogens is 216 g/mol. The third-order valence-electron chi connectivity index (χ3n) is 3.80. The van der Waals surface area contributed by atoms with Crippen LogP contribution in [0.5, 0.6) is 0 Å². The van der Waals surface area contributed by atoms with E-state index in [2.05, 4.69) is 16.7 Å². The lowest BCUT2D eigenvalue weighted by molar-refractivity contribution is -0.150. The lowest BCUT2D eigenvalue weighted by atomic mass is 10.1. The summed E-state index contributed by atoms with van der Waals surface area (Å²) in [5, 5.41) is 0. The van der Waals surface area contributed by atoms with Gasteiger partial charge >= 0.3 is 5.97 Å². The molecule has 0 aromatic carbocycles. The van der Waals surface area contributed by atoms with Crippen molar-refractivity contribution >= 4 is 5.97 Å². The molecule has 1 heterocycles. The Morgan fingerprint density at radius 2 is 1.88 bits per heavy atom. The molecule has 4 heteroatoms. The van der Waals surface area contributed by atoms with E-state index >= 15 is 0 Å². The van der Waals surface area contributed by atoms with Crippen LogP contribution < -0.4 is 0 Å². The van der Waals surface area contributed by atoms with Gasteiger partial charge in [-0.1, -0.05) is 6.92 Å². The Bertz CT molecular complexity index is 258. The molecule has 1 saturated carbocycles. The molecule has 0 amide bonds. The number of carbonyl (C=O) groups is 1. The zero-order valence-corrected chi connectivity index (χ0v) is 11.0. The van der Waals surface area contributed by atoms with Crippen molar-refractivity contribution in [1.82, 2.24) is 9.80 Å². The highest BCUT2D eigenvalue weighted by atomic mass is 16.5. The predicted molar refractivity (Wildman–Crippen MR) is 66.9 cm³/mol. The normalized spacial score (nSPS) is 24.6. The minimum absolute atomic E-state index is 0.0312. The molecule has 2 aliphatic rings. The molecule has 0 aromatic rings. The molecule has 0 bridgehead atoms. The summed E-state index contributed by atoms with van der Waals surface area (Å²) >= 11 is 0. The Balaban J connectivity index is 1.82. The van der Waals surface area contributed by atoms with E-state index in [1.165, 1.54) is 12.8 Å². The van der Waals surface area contributed by atoms with E-state index in [4.69, 9.17) is 4.74 Å². The van der Waals surface area contributed by atoms with Gasteiger partial charge in [0, 0.05) is 32.2 Å². The smallest absolute Gasteiger partial charge is 0.323 e. The van der Waals surface area contributed by atoms with Gasteiger partial charge in [0.15, 0.2) is 0 Å². The standard InChI is InChI=1S/C13H24N2O2/c1-3-12(13(16)17-4-2)15-9-7-14(8-10-15)11-5-6-11/h11-12H,3-10H2,1-2H3. The Morgan fingerprint density at radius 1 is 1.24 bits per heavy atom. The van der Waals surface area contributed by atoms with Crippen LogP contribution in [0.1, 0.15) is 33.1 Å². The fourth-order valence-corrected chi connectivity index (χ4v) is 2.67. The van der Waals surface area contributed by atoms with E-state index in [0.717, 1.165) is 38.6 Å². The van der Waals surface area contributed by atoms with Crippen LogP contribution in [0.15, 0.2) is 0 Å². The van der Waals surface area contributed by atoms with Gasteiger partial charge in [-0.25, -0.2) is 0 Å². The van der Waals surface area contributed by atoms with E-state index in [9.17, 15) is 4.79 Å². The van der Waals surface area contributed by atoms with Crippen molar-refractivity contribution in [2.45, 2.75) is 45.2 Å². The van der Waals surface area contributed by atoms with Crippen molar-refractivity contribution in [2.75, 3.05) is 32.8 Å². The fourth-order valence-electron chi connectivity index (χ4n) is 2.67. The number of ether oxygens (including phenoxy) is 1. The molecule has 1 atom stereocenters. The molecule has 2 rings (SSSR count). The minimum Gasteiger partial charge on any atom is -0.465 e. The first-order valence-corrected chi connectivity index (χ1v) is 6.91. The second kappa shape index (κ2) is 5.83. The van der Waals surface area contributed by atoms with Crippen LogP contribution in [0.25, 0.3) is 0 Å². The Morgan fingerprint density at radius 3 is 2.35 bits per heavy atom. The van der Waals surface area contributed by atoms with Crippen LogP contribution in [-0.4, -0.2) is 60.6 Å². The first-order valence-electron chi connectivity index (χ1n) is 6.91. The van der Waals surface area contributed by atoms with Crippen LogP contribution in [0.3, 0.4) is 0 Å². The van der Waals surface area contributed by atoms with Crippen molar-refractivity contribution < 1.29 is 9.53 Å². The molecular formula is C13H24N2O2. The number of esters is 1. The van der Waals surface area contributed by atoms with E-state index in [1.54, 1.807) is 0 Å². The van der Waals surface area contributed by atoms with E-state index in [-0.39, 0.29) is 12.0 Å². The minimum atomic E-state index is -0.0464. The van der Waals surface area contributed by atoms with E-state index in [1.807, 2.05) is 6.92 Å². The summed E-state index contributed by atoms with van der Waals surface area (Å²) < 4.78 is 5.14. The maximum atomic E-state index is 11.8. The summed E-state index contributed by atoms with van der Waals surface area (Å²) in [5.41, 5.74) is 0. The third-order valence-corrected chi connectivity index (χ3v) is 3.80. The molecule has 0 N–H and O–H groups in total. The van der Waals surface area contributed by atoms with Crippen LogP contribution >= 0.6 is 0 Å². The molecule has 4 nitrogen and oxygen atoms in total. The summed E-state index contributed by atoms with van der Waals surface area (Å²) in [5.74, 6) is -0.0464. The number of rotatable bonds is 5. The van der Waals surface area contributed by atoms with E-state index in [0.29, 0.717) is 6.61 Å². The molecule has 1 saturated heterocycles. The van der Waals surface area contributed by atoms with Crippen molar-refractivity contribution in [3.05, 3.63) is 0 Å². The first kappa shape index (κ1) is 12.8. The van der Waals surface area contributed by atoms with Crippen molar-refractivity contribution in [2.24, 2.45) is 0 Å². The topological polar surface area (TPSA) is 32.8 Å². The van der Waals surface area contributed by atoms with Gasteiger partial charge in [0.05, 0.1) is 6.61 Å². The zero-order chi connectivity index (χ0) is 12.3. The average Bonchev–Trinajstić information content (AvgIpc) is 3.15. The van der Waals surface area contributed by atoms with Gasteiger partial charge < -0.3 is 4.74 Å². The second-order valence-corrected chi connectivity index (χ2v) is 4.98. The van der Waals surface area contributed by atoms with Crippen LogP contribution in [0, 0.1) is 0 Å². The third kappa shape index (κ3) is 3.19. The second-order valence-electron chi connectivity index (χ2n) is 4.98. The van der Waals surface area contributed by atoms with Crippen molar-refractivity contribution in [3.63, 3.8) is 0 Å². The van der Waals surface area contributed by atoms with Gasteiger partial charge in [0.1, 0.15) is 6.04 Å². The molecule has 2 fully saturated rings. The monoisotopic (exact) mass is 240 g/mol. The van der Waals surface area contributed by atoms with Crippen molar-refractivity contribution in [3.8, 4) is 0 Å². The number of hydrogen-bond donors (Lipinski definition) is 0. The number of nitrogens with zero attached hydrogens (tertiary/aromatic N) is 2. The predicted octanol–water partition coefficient (Wildman–Crippen LogP) is 1.11. The van der Waals surface area contributed by atoms with Gasteiger partial charge in [-0.15, -0.1) is 0 Å². The largest absolute Gasteiger partial charge is 0.465 e. The zero-order valence-electron chi connectivity index (χ0n) is 11.0. The highest BCUT2D eigenvalue weighted by Gasteiger charge is 2.34. The quantitative estimate of drug-likeness (QED) is 0.674. The van der Waals surface area contributed by atoms with Gasteiger partial charge in [0.2, 0.25) is 0 Å². The van der Waals surface area contributed by atoms with Crippen LogP contribution in [0.2, 0.25) is 0 Å². The van der Waals surface area contributed by atoms with Crippen molar-refractivity contribution in [1.29, 1.82) is 0 Å². The fraction of sp³-hybridized carbons (Fsp3) is 0.923. The van der Waals surface area contributed by atoms with Crippen LogP contribution in [0.4, 0.5) is 0 Å². The lowest BCUT2D eigenvalue weighted by Crippen LogP contribution is -2.53. The maximum Gasteiger partial charge on any atom is 0.323 e. The van der Waals surface area contributed by atoms with Crippen LogP contribution in [-0.2, 0) is 9.53 Å². The maximum absolute atomic E-state index is 11.8. The molecule has 1 aliphatic heterocycles. The summed E-state index contributed by atoms with van der Waals surface area (Å²) in [6, 6.07) is 0.816. The Hall–Kier alpha value is -0.610. The molecule has 1 unspecified atom stereocenters. The molecule has 0 radical (unpaired) electrons. The molecule has 0 aromatic heterocycles. The number of carbonyl (C=O) groups excluding carboxylic acids is 1. The van der Waals surface area contributed by atoms with Gasteiger partial charge in [-0.2, -0.15) is 0 Å². The highest BCUT2D eigenvalue weighted by molar-refractivity contribution is 5.75. The highest BCUT2D eigenvalue weighted by Crippen LogP contribution is 2.27. The molecule has 0 spiro atoms. The van der Waals surface area contributed by atoms with Gasteiger partial charge in [-0.05, 0) is 26.2 Å². The molecule has 17 heavy (non-hydrogen) atoms. The van der Waals surface area contributed by atoms with Gasteiger partial charge in [-0.3, -0.25) is 14.6 Å². The molecule has 98 valence electrons. The number of hydrogen-bond acceptors (Lipinski definition) is 4. The summed E-state index contributed by atoms with van der Waals surface area (Å²) in [4.78, 5) is 16.7. The van der Waals surface area contributed by atoms with E-state index < -0.39 is 0 Å². The molecule has 1 aliphatic carbocycles. The number of piperazine rings is 1. The Kier molecular flexibility index (Phi) is 4.40. The SMILES string of the molecule is CCOC(=O)C(CC)N1CCN(C2CC2)CC1.